The molecule has 0 spiro atoms. The fraction of sp³-hybridized carbons (Fsp3) is 0.765. The summed E-state index contributed by atoms with van der Waals surface area (Å²) < 4.78 is 0. The Balaban J connectivity index is 0.960. The van der Waals surface area contributed by atoms with Crippen LogP contribution >= 0.6 is 15.9 Å². The maximum Gasteiger partial charge on any atom is 0.0849 e. The van der Waals surface area contributed by atoms with Crippen LogP contribution in [0.1, 0.15) is 83.5 Å². The lowest BCUT2D eigenvalue weighted by atomic mass is 9.64. The zero-order valence-corrected chi connectivity index (χ0v) is 25.3. The Morgan fingerprint density at radius 2 is 1.82 bits per heavy atom. The van der Waals surface area contributed by atoms with E-state index < -0.39 is 0 Å². The molecule has 9 atom stereocenters. The summed E-state index contributed by atoms with van der Waals surface area (Å²) in [5, 5.41) is 12.1. The quantitative estimate of drug-likeness (QED) is 0.269. The van der Waals surface area contributed by atoms with E-state index in [0.29, 0.717) is 35.3 Å². The molecule has 0 bridgehead atoms. The van der Waals surface area contributed by atoms with Crippen molar-refractivity contribution in [3.05, 3.63) is 47.1 Å². The average Bonchev–Trinajstić information content (AvgIpc) is 3.58. The molecule has 2 saturated carbocycles. The molecular weight excluding hydrogens is 544 g/mol. The van der Waals surface area contributed by atoms with E-state index in [4.69, 9.17) is 0 Å². The van der Waals surface area contributed by atoms with Crippen molar-refractivity contribution in [2.45, 2.75) is 119 Å². The Kier molecular flexibility index (Phi) is 7.21. The van der Waals surface area contributed by atoms with Gasteiger partial charge in [0, 0.05) is 42.0 Å². The number of hydrogen-bond acceptors (Lipinski definition) is 4. The van der Waals surface area contributed by atoms with E-state index in [9.17, 15) is 0 Å². The van der Waals surface area contributed by atoms with Crippen molar-refractivity contribution in [1.29, 1.82) is 0 Å². The molecule has 3 N–H and O–H groups in total. The van der Waals surface area contributed by atoms with Crippen LogP contribution < -0.4 is 16.0 Å². The second-order valence-electron chi connectivity index (χ2n) is 14.2. The third-order valence-electron chi connectivity index (χ3n) is 12.3. The van der Waals surface area contributed by atoms with Gasteiger partial charge in [0.25, 0.3) is 0 Å². The zero-order valence-electron chi connectivity index (χ0n) is 23.7. The molecule has 0 aromatic rings. The molecule has 0 amide bonds. The van der Waals surface area contributed by atoms with E-state index >= 15 is 0 Å². The first-order valence-electron chi connectivity index (χ1n) is 16.7. The Morgan fingerprint density at radius 3 is 2.64 bits per heavy atom. The molecule has 8 aliphatic rings. The molecule has 4 nitrogen and oxygen atoms in total. The predicted octanol–water partition coefficient (Wildman–Crippen LogP) is 6.18. The average molecular weight is 594 g/mol. The van der Waals surface area contributed by atoms with Gasteiger partial charge < -0.3 is 10.6 Å². The van der Waals surface area contributed by atoms with Crippen molar-refractivity contribution in [1.82, 2.24) is 20.9 Å². The summed E-state index contributed by atoms with van der Waals surface area (Å²) in [5.41, 5.74) is 5.17. The Bertz CT molecular complexity index is 1050. The minimum Gasteiger partial charge on any atom is -0.312 e. The summed E-state index contributed by atoms with van der Waals surface area (Å²) in [4.78, 5) is 3.58. The van der Waals surface area contributed by atoms with E-state index in [1.54, 1.807) is 16.7 Å². The molecular formula is C34H49BrN4. The van der Waals surface area contributed by atoms with Crippen molar-refractivity contribution < 1.29 is 0 Å². The first kappa shape index (κ1) is 25.9. The molecule has 0 radical (unpaired) electrons. The Labute approximate surface area is 244 Å². The van der Waals surface area contributed by atoms with Gasteiger partial charge in [0.05, 0.1) is 12.3 Å². The second-order valence-corrected chi connectivity index (χ2v) is 15.3. The molecule has 212 valence electrons. The molecule has 39 heavy (non-hydrogen) atoms. The molecule has 2 saturated heterocycles. The van der Waals surface area contributed by atoms with Gasteiger partial charge in [-0.15, -0.1) is 0 Å². The minimum absolute atomic E-state index is 0.508. The molecule has 8 rings (SSSR count). The predicted molar refractivity (Wildman–Crippen MR) is 163 cm³/mol. The van der Waals surface area contributed by atoms with Crippen molar-refractivity contribution in [2.24, 2.45) is 29.6 Å². The highest BCUT2D eigenvalue weighted by Crippen LogP contribution is 2.49. The van der Waals surface area contributed by atoms with Crippen LogP contribution in [0.25, 0.3) is 0 Å². The van der Waals surface area contributed by atoms with Crippen LogP contribution in [0.4, 0.5) is 0 Å². The van der Waals surface area contributed by atoms with Gasteiger partial charge in [0.1, 0.15) is 0 Å². The fourth-order valence-corrected chi connectivity index (χ4v) is 11.1. The highest BCUT2D eigenvalue weighted by Gasteiger charge is 2.52. The SMILES string of the molecule is BrC1CNC2C1CCC1C=CC3=C(C4CCC(C5NC(C6=CCCCC6)N5C5C=CCCC5)CC4)CNC3C12. The van der Waals surface area contributed by atoms with Crippen LogP contribution in [0.2, 0.25) is 0 Å². The van der Waals surface area contributed by atoms with Gasteiger partial charge in [0.2, 0.25) is 0 Å². The minimum atomic E-state index is 0.508. The highest BCUT2D eigenvalue weighted by molar-refractivity contribution is 9.09. The number of fused-ring (bicyclic) bond motifs is 5. The number of nitrogens with zero attached hydrogens (tertiary/aromatic N) is 1. The number of nitrogens with one attached hydrogen (secondary N) is 3. The highest BCUT2D eigenvalue weighted by atomic mass is 79.9. The summed E-state index contributed by atoms with van der Waals surface area (Å²) >= 11 is 4.00. The van der Waals surface area contributed by atoms with Gasteiger partial charge in [-0.05, 0) is 124 Å². The molecule has 5 aliphatic carbocycles. The first-order valence-corrected chi connectivity index (χ1v) is 17.6. The number of allylic oxidation sites excluding steroid dienone is 3. The molecule has 0 aromatic carbocycles. The lowest BCUT2D eigenvalue weighted by Crippen LogP contribution is -2.74. The zero-order chi connectivity index (χ0) is 25.9. The van der Waals surface area contributed by atoms with Crippen molar-refractivity contribution in [3.63, 3.8) is 0 Å². The van der Waals surface area contributed by atoms with Crippen LogP contribution in [-0.4, -0.2) is 53.3 Å². The Morgan fingerprint density at radius 1 is 0.897 bits per heavy atom. The molecule has 3 heterocycles. The van der Waals surface area contributed by atoms with Gasteiger partial charge >= 0.3 is 0 Å². The van der Waals surface area contributed by atoms with Crippen LogP contribution in [-0.2, 0) is 0 Å². The standard InChI is InChI=1S/C34H49BrN4/c35-29-20-37-32-27(29)18-16-22-15-17-26-28(19-36-31(26)30(22)32)21-11-13-24(14-12-21)34-38-33(23-7-3-1-4-8-23)39(34)25-9-5-2-6-10-25/h5,7,9,15,17,21-22,24-25,27,29-34,36-38H,1-4,6,8,10-14,16,18-20H2. The summed E-state index contributed by atoms with van der Waals surface area (Å²) in [6, 6.07) is 1.90. The number of halogens is 1. The van der Waals surface area contributed by atoms with Crippen molar-refractivity contribution in [2.75, 3.05) is 13.1 Å². The largest absolute Gasteiger partial charge is 0.312 e. The van der Waals surface area contributed by atoms with Crippen LogP contribution in [0, 0.1) is 29.6 Å². The molecule has 4 fully saturated rings. The molecule has 3 aliphatic heterocycles. The van der Waals surface area contributed by atoms with E-state index in [2.05, 4.69) is 67.2 Å². The third-order valence-corrected chi connectivity index (χ3v) is 13.3. The van der Waals surface area contributed by atoms with Gasteiger partial charge in [-0.1, -0.05) is 46.3 Å². The molecule has 9 unspecified atom stereocenters. The van der Waals surface area contributed by atoms with E-state index in [-0.39, 0.29) is 0 Å². The van der Waals surface area contributed by atoms with Gasteiger partial charge in [0.15, 0.2) is 0 Å². The van der Waals surface area contributed by atoms with Crippen molar-refractivity contribution >= 4 is 15.9 Å². The maximum absolute atomic E-state index is 4.13. The summed E-state index contributed by atoms with van der Waals surface area (Å²) in [5.74, 6) is 3.89. The fourth-order valence-electron chi connectivity index (χ4n) is 10.3. The smallest absolute Gasteiger partial charge is 0.0849 e. The maximum atomic E-state index is 4.13. The first-order chi connectivity index (χ1) is 19.3. The topological polar surface area (TPSA) is 39.3 Å². The lowest BCUT2D eigenvalue weighted by molar-refractivity contribution is -0.0758. The number of rotatable bonds is 4. The van der Waals surface area contributed by atoms with Crippen LogP contribution in [0.5, 0.6) is 0 Å². The second kappa shape index (κ2) is 10.8. The summed E-state index contributed by atoms with van der Waals surface area (Å²) in [7, 11) is 0. The molecule has 0 aromatic heterocycles. The number of hydrogen-bond donors (Lipinski definition) is 3. The summed E-state index contributed by atoms with van der Waals surface area (Å²) in [6.45, 7) is 2.28. The Hall–Kier alpha value is -0.720. The van der Waals surface area contributed by atoms with E-state index in [1.165, 1.54) is 83.5 Å². The van der Waals surface area contributed by atoms with Gasteiger partial charge in [-0.25, -0.2) is 0 Å². The van der Waals surface area contributed by atoms with Crippen LogP contribution in [0.15, 0.2) is 47.1 Å². The third kappa shape index (κ3) is 4.52. The monoisotopic (exact) mass is 592 g/mol. The summed E-state index contributed by atoms with van der Waals surface area (Å²) in [6.07, 6.45) is 31.5. The van der Waals surface area contributed by atoms with Gasteiger partial charge in [-0.3, -0.25) is 10.2 Å². The van der Waals surface area contributed by atoms with E-state index in [1.807, 2.05) is 0 Å². The number of alkyl halides is 1. The van der Waals surface area contributed by atoms with Gasteiger partial charge in [-0.2, -0.15) is 0 Å². The molecule has 5 heteroatoms. The lowest BCUT2D eigenvalue weighted by Gasteiger charge is -2.58. The normalized spacial score (nSPS) is 47.8. The van der Waals surface area contributed by atoms with E-state index in [0.717, 1.165) is 42.7 Å². The van der Waals surface area contributed by atoms with Crippen molar-refractivity contribution in [3.8, 4) is 0 Å². The van der Waals surface area contributed by atoms with Crippen LogP contribution in [0.3, 0.4) is 0 Å².